The molecule has 0 aromatic carbocycles. The first kappa shape index (κ1) is 14.5. The van der Waals surface area contributed by atoms with Gasteiger partial charge in [-0.1, -0.05) is 68.2 Å². The van der Waals surface area contributed by atoms with Gasteiger partial charge in [-0.3, -0.25) is 0 Å². The first-order chi connectivity index (χ1) is 10.5. The number of rotatable bonds is 2. The van der Waals surface area contributed by atoms with Crippen molar-refractivity contribution >= 4 is 0 Å². The van der Waals surface area contributed by atoms with Gasteiger partial charge in [-0.25, -0.2) is 0 Å². The van der Waals surface area contributed by atoms with Gasteiger partial charge in [-0.15, -0.1) is 0 Å². The van der Waals surface area contributed by atoms with Crippen LogP contribution in [0.4, 0.5) is 0 Å². The molecule has 0 N–H and O–H groups in total. The molecule has 0 nitrogen and oxygen atoms in total. The Morgan fingerprint density at radius 3 is 2.64 bits per heavy atom. The van der Waals surface area contributed by atoms with Crippen molar-refractivity contribution in [3.63, 3.8) is 0 Å². The monoisotopic (exact) mass is 294 g/mol. The van der Waals surface area contributed by atoms with E-state index in [0.717, 1.165) is 23.7 Å². The van der Waals surface area contributed by atoms with Crippen LogP contribution in [-0.2, 0) is 0 Å². The Hall–Kier alpha value is -1.04. The standard InChI is InChI=1S/C22H30/c1-5-22(3,4)19-13-10-16-8-11-17-14(2)6-7-15-9-12-18(19)21(16)20(15)17/h6-7,10,13,17-20H,5,8-9,11-12H2,1-4H3. The lowest BCUT2D eigenvalue weighted by Crippen LogP contribution is -2.41. The van der Waals surface area contributed by atoms with E-state index in [1.54, 1.807) is 16.7 Å². The molecule has 1 saturated carbocycles. The minimum Gasteiger partial charge on any atom is -0.0800 e. The van der Waals surface area contributed by atoms with Crippen LogP contribution in [0.2, 0.25) is 0 Å². The highest BCUT2D eigenvalue weighted by molar-refractivity contribution is 5.47. The highest BCUT2D eigenvalue weighted by atomic mass is 14.5. The summed E-state index contributed by atoms with van der Waals surface area (Å²) in [4.78, 5) is 0. The van der Waals surface area contributed by atoms with Gasteiger partial charge < -0.3 is 0 Å². The van der Waals surface area contributed by atoms with Crippen LogP contribution < -0.4 is 0 Å². The lowest BCUT2D eigenvalue weighted by Gasteiger charge is -2.51. The van der Waals surface area contributed by atoms with Crippen molar-refractivity contribution in [3.8, 4) is 0 Å². The van der Waals surface area contributed by atoms with E-state index in [1.165, 1.54) is 32.1 Å². The second kappa shape index (κ2) is 4.98. The highest BCUT2D eigenvalue weighted by Crippen LogP contribution is 2.58. The molecule has 4 atom stereocenters. The molecule has 4 unspecified atom stereocenters. The zero-order valence-corrected chi connectivity index (χ0v) is 14.7. The largest absolute Gasteiger partial charge is 0.0800 e. The molecule has 0 bridgehead atoms. The van der Waals surface area contributed by atoms with E-state index in [-0.39, 0.29) is 0 Å². The average molecular weight is 294 g/mol. The maximum absolute atomic E-state index is 2.58. The second-order valence-electron chi connectivity index (χ2n) is 8.63. The smallest absolute Gasteiger partial charge is 0.00845 e. The van der Waals surface area contributed by atoms with E-state index >= 15 is 0 Å². The number of hydrogen-bond acceptors (Lipinski definition) is 0. The highest BCUT2D eigenvalue weighted by Gasteiger charge is 2.47. The Bertz CT molecular complexity index is 608. The van der Waals surface area contributed by atoms with Crippen LogP contribution in [-0.4, -0.2) is 0 Å². The Kier molecular flexibility index (Phi) is 3.29. The van der Waals surface area contributed by atoms with Gasteiger partial charge in [0.25, 0.3) is 0 Å². The number of allylic oxidation sites excluding steroid dienone is 8. The van der Waals surface area contributed by atoms with Crippen LogP contribution in [0, 0.1) is 29.1 Å². The van der Waals surface area contributed by atoms with Crippen LogP contribution in [0.15, 0.2) is 46.6 Å². The number of hydrogen-bond donors (Lipinski definition) is 0. The topological polar surface area (TPSA) is 0 Å². The Morgan fingerprint density at radius 2 is 1.86 bits per heavy atom. The predicted molar refractivity (Wildman–Crippen MR) is 94.5 cm³/mol. The third-order valence-corrected chi connectivity index (χ3v) is 7.27. The Labute approximate surface area is 136 Å². The SMILES string of the molecule is CCC(C)(C)C1C=CC2=C3C1CCC1=CC=C(C)C(CC2)C13. The summed E-state index contributed by atoms with van der Waals surface area (Å²) in [6.07, 6.45) is 16.6. The fourth-order valence-corrected chi connectivity index (χ4v) is 5.59. The van der Waals surface area contributed by atoms with Gasteiger partial charge in [-0.2, -0.15) is 0 Å². The van der Waals surface area contributed by atoms with Crippen LogP contribution in [0.5, 0.6) is 0 Å². The average Bonchev–Trinajstić information content (AvgIpc) is 2.54. The van der Waals surface area contributed by atoms with Crippen molar-refractivity contribution in [2.75, 3.05) is 0 Å². The molecule has 0 aromatic heterocycles. The van der Waals surface area contributed by atoms with Crippen LogP contribution in [0.1, 0.15) is 59.8 Å². The van der Waals surface area contributed by atoms with Crippen LogP contribution >= 0.6 is 0 Å². The normalized spacial score (nSPS) is 36.7. The zero-order valence-electron chi connectivity index (χ0n) is 14.7. The minimum absolute atomic E-state index is 0.424. The molecular formula is C22H30. The summed E-state index contributed by atoms with van der Waals surface area (Å²) in [5, 5.41) is 0. The predicted octanol–water partition coefficient (Wildman–Crippen LogP) is 6.23. The van der Waals surface area contributed by atoms with Crippen LogP contribution in [0.3, 0.4) is 0 Å². The lowest BCUT2D eigenvalue weighted by molar-refractivity contribution is 0.160. The summed E-state index contributed by atoms with van der Waals surface area (Å²) < 4.78 is 0. The van der Waals surface area contributed by atoms with Gasteiger partial charge in [0.2, 0.25) is 0 Å². The van der Waals surface area contributed by atoms with Gasteiger partial charge in [0.05, 0.1) is 0 Å². The van der Waals surface area contributed by atoms with Crippen molar-refractivity contribution in [2.24, 2.45) is 29.1 Å². The van der Waals surface area contributed by atoms with Gasteiger partial charge in [-0.05, 0) is 61.3 Å². The van der Waals surface area contributed by atoms with E-state index < -0.39 is 0 Å². The van der Waals surface area contributed by atoms with Gasteiger partial charge >= 0.3 is 0 Å². The maximum Gasteiger partial charge on any atom is 0.00845 e. The van der Waals surface area contributed by atoms with Crippen LogP contribution in [0.25, 0.3) is 0 Å². The molecule has 1 fully saturated rings. The molecular weight excluding hydrogens is 264 g/mol. The molecule has 0 amide bonds. The summed E-state index contributed by atoms with van der Waals surface area (Å²) >= 11 is 0. The molecule has 0 spiro atoms. The molecule has 22 heavy (non-hydrogen) atoms. The quantitative estimate of drug-likeness (QED) is 0.566. The first-order valence-corrected chi connectivity index (χ1v) is 9.31. The Morgan fingerprint density at radius 1 is 1.09 bits per heavy atom. The summed E-state index contributed by atoms with van der Waals surface area (Å²) in [7, 11) is 0. The molecule has 0 radical (unpaired) electrons. The molecule has 0 aliphatic heterocycles. The summed E-state index contributed by atoms with van der Waals surface area (Å²) in [6.45, 7) is 9.68. The fourth-order valence-electron chi connectivity index (χ4n) is 5.59. The van der Waals surface area contributed by atoms with E-state index in [9.17, 15) is 0 Å². The Balaban J connectivity index is 1.79. The molecule has 4 rings (SSSR count). The van der Waals surface area contributed by atoms with Gasteiger partial charge in [0.15, 0.2) is 0 Å². The lowest BCUT2D eigenvalue weighted by atomic mass is 9.53. The molecule has 0 heterocycles. The van der Waals surface area contributed by atoms with Crippen molar-refractivity contribution in [1.82, 2.24) is 0 Å². The molecule has 0 heteroatoms. The summed E-state index contributed by atoms with van der Waals surface area (Å²) in [5.41, 5.74) is 7.35. The molecule has 4 aliphatic rings. The van der Waals surface area contributed by atoms with Crippen molar-refractivity contribution in [1.29, 1.82) is 0 Å². The van der Waals surface area contributed by atoms with E-state index in [0.29, 0.717) is 5.41 Å². The van der Waals surface area contributed by atoms with Crippen molar-refractivity contribution in [2.45, 2.75) is 59.8 Å². The maximum atomic E-state index is 2.58. The molecule has 0 saturated heterocycles. The molecule has 4 aliphatic carbocycles. The minimum atomic E-state index is 0.424. The van der Waals surface area contributed by atoms with Gasteiger partial charge in [0.1, 0.15) is 0 Å². The van der Waals surface area contributed by atoms with E-state index in [4.69, 9.17) is 0 Å². The van der Waals surface area contributed by atoms with E-state index in [1.807, 2.05) is 5.57 Å². The third kappa shape index (κ3) is 1.95. The molecule has 118 valence electrons. The fraction of sp³-hybridized carbons (Fsp3) is 0.636. The second-order valence-corrected chi connectivity index (χ2v) is 8.63. The van der Waals surface area contributed by atoms with Gasteiger partial charge in [0, 0.05) is 5.92 Å². The molecule has 0 aromatic rings. The van der Waals surface area contributed by atoms with E-state index in [2.05, 4.69) is 52.0 Å². The zero-order chi connectivity index (χ0) is 15.5. The summed E-state index contributed by atoms with van der Waals surface area (Å²) in [5.74, 6) is 3.11. The third-order valence-electron chi connectivity index (χ3n) is 7.27. The first-order valence-electron chi connectivity index (χ1n) is 9.31. The van der Waals surface area contributed by atoms with Crippen molar-refractivity contribution < 1.29 is 0 Å². The summed E-state index contributed by atoms with van der Waals surface area (Å²) in [6, 6.07) is 0. The van der Waals surface area contributed by atoms with Crippen molar-refractivity contribution in [3.05, 3.63) is 46.6 Å².